The highest BCUT2D eigenvalue weighted by Crippen LogP contribution is 2.17. The van der Waals surface area contributed by atoms with Crippen molar-refractivity contribution in [1.29, 1.82) is 0 Å². The molecular weight excluding hydrogens is 1020 g/mol. The Hall–Kier alpha value is -4.45. The lowest BCUT2D eigenvalue weighted by molar-refractivity contribution is -0.167. The van der Waals surface area contributed by atoms with Crippen molar-refractivity contribution >= 4 is 17.9 Å². The highest BCUT2D eigenvalue weighted by Gasteiger charge is 2.19. The highest BCUT2D eigenvalue weighted by molar-refractivity contribution is 5.71. The van der Waals surface area contributed by atoms with Gasteiger partial charge in [-0.1, -0.05) is 302 Å². The summed E-state index contributed by atoms with van der Waals surface area (Å²) < 4.78 is 16.9. The van der Waals surface area contributed by atoms with E-state index < -0.39 is 6.10 Å². The normalized spacial score (nSPS) is 13.0. The molecule has 6 heteroatoms. The van der Waals surface area contributed by atoms with Gasteiger partial charge in [-0.2, -0.15) is 0 Å². The first kappa shape index (κ1) is 78.5. The molecule has 0 spiro atoms. The molecule has 0 amide bonds. The van der Waals surface area contributed by atoms with Gasteiger partial charge in [0, 0.05) is 19.3 Å². The van der Waals surface area contributed by atoms with Gasteiger partial charge in [0.05, 0.1) is 0 Å². The molecule has 83 heavy (non-hydrogen) atoms. The van der Waals surface area contributed by atoms with E-state index in [1.165, 1.54) is 128 Å². The van der Waals surface area contributed by atoms with Crippen LogP contribution in [0.5, 0.6) is 0 Å². The Kier molecular flexibility index (Phi) is 66.3. The van der Waals surface area contributed by atoms with Gasteiger partial charge in [0.2, 0.25) is 0 Å². The van der Waals surface area contributed by atoms with Crippen molar-refractivity contribution in [2.45, 2.75) is 322 Å². The van der Waals surface area contributed by atoms with Gasteiger partial charge in [0.15, 0.2) is 6.10 Å². The van der Waals surface area contributed by atoms with Crippen LogP contribution in [0.1, 0.15) is 316 Å². The molecule has 0 aromatic carbocycles. The average Bonchev–Trinajstić information content (AvgIpc) is 3.49. The van der Waals surface area contributed by atoms with Crippen molar-refractivity contribution in [3.63, 3.8) is 0 Å². The van der Waals surface area contributed by atoms with Gasteiger partial charge < -0.3 is 14.2 Å². The van der Waals surface area contributed by atoms with Crippen molar-refractivity contribution in [3.8, 4) is 0 Å². The molecule has 0 saturated heterocycles. The Morgan fingerprint density at radius 1 is 0.241 bits per heavy atom. The predicted molar refractivity (Wildman–Crippen MR) is 362 cm³/mol. The van der Waals surface area contributed by atoms with E-state index >= 15 is 0 Å². The average molecular weight is 1150 g/mol. The topological polar surface area (TPSA) is 78.9 Å². The van der Waals surface area contributed by atoms with E-state index in [4.69, 9.17) is 14.2 Å². The van der Waals surface area contributed by atoms with Crippen molar-refractivity contribution in [3.05, 3.63) is 134 Å². The molecule has 0 aromatic heterocycles. The highest BCUT2D eigenvalue weighted by atomic mass is 16.6. The molecule has 1 unspecified atom stereocenters. The number of esters is 3. The predicted octanol–water partition coefficient (Wildman–Crippen LogP) is 24.1. The Morgan fingerprint density at radius 3 is 0.675 bits per heavy atom. The molecule has 0 fully saturated rings. The molecule has 0 radical (unpaired) electrons. The molecule has 0 heterocycles. The van der Waals surface area contributed by atoms with Gasteiger partial charge in [-0.15, -0.1) is 0 Å². The summed E-state index contributed by atoms with van der Waals surface area (Å²) in [5, 5.41) is 0. The van der Waals surface area contributed by atoms with Gasteiger partial charge in [-0.05, 0) is 128 Å². The second-order valence-electron chi connectivity index (χ2n) is 22.6. The molecule has 0 aromatic rings. The van der Waals surface area contributed by atoms with Crippen LogP contribution in [0, 0.1) is 0 Å². The van der Waals surface area contributed by atoms with E-state index in [0.29, 0.717) is 19.3 Å². The maximum absolute atomic E-state index is 12.9. The fourth-order valence-electron chi connectivity index (χ4n) is 9.56. The van der Waals surface area contributed by atoms with Gasteiger partial charge in [-0.3, -0.25) is 14.4 Å². The Bertz CT molecular complexity index is 1750. The largest absolute Gasteiger partial charge is 0.462 e. The van der Waals surface area contributed by atoms with E-state index in [1.807, 2.05) is 0 Å². The minimum absolute atomic E-state index is 0.0921. The van der Waals surface area contributed by atoms with E-state index in [1.54, 1.807) is 0 Å². The van der Waals surface area contributed by atoms with Gasteiger partial charge in [0.25, 0.3) is 0 Å². The monoisotopic (exact) mass is 1150 g/mol. The van der Waals surface area contributed by atoms with Crippen molar-refractivity contribution in [1.82, 2.24) is 0 Å². The van der Waals surface area contributed by atoms with Crippen LogP contribution in [0.25, 0.3) is 0 Å². The Balaban J connectivity index is 4.28. The zero-order valence-electron chi connectivity index (χ0n) is 54.2. The first-order chi connectivity index (χ1) is 41.0. The number of hydrogen-bond acceptors (Lipinski definition) is 6. The first-order valence-corrected chi connectivity index (χ1v) is 34.7. The Morgan fingerprint density at radius 2 is 0.434 bits per heavy atom. The number of unbranched alkanes of at least 4 members (excludes halogenated alkanes) is 29. The van der Waals surface area contributed by atoms with Crippen molar-refractivity contribution < 1.29 is 28.6 Å². The zero-order valence-corrected chi connectivity index (χ0v) is 54.2. The molecule has 472 valence electrons. The van der Waals surface area contributed by atoms with Gasteiger partial charge >= 0.3 is 17.9 Å². The van der Waals surface area contributed by atoms with Gasteiger partial charge in [-0.25, -0.2) is 0 Å². The van der Waals surface area contributed by atoms with E-state index in [9.17, 15) is 14.4 Å². The summed E-state index contributed by atoms with van der Waals surface area (Å²) in [6, 6.07) is 0. The van der Waals surface area contributed by atoms with E-state index in [2.05, 4.69) is 154 Å². The van der Waals surface area contributed by atoms with Gasteiger partial charge in [0.1, 0.15) is 13.2 Å². The minimum atomic E-state index is -0.800. The lowest BCUT2D eigenvalue weighted by Gasteiger charge is -2.18. The van der Waals surface area contributed by atoms with Crippen LogP contribution in [0.3, 0.4) is 0 Å². The summed E-state index contributed by atoms with van der Waals surface area (Å²) in [7, 11) is 0. The standard InChI is InChI=1S/C77H128O6/c1-4-7-10-13-16-19-22-25-28-31-32-33-34-35-36-37-38-39-40-41-42-43-44-47-49-52-55-58-61-64-67-70-76(79)82-73-74(83-77(80)71-68-65-62-59-56-53-50-46-30-27-24-21-18-15-12-9-6-3)72-81-75(78)69-66-63-60-57-54-51-48-45-29-26-23-20-17-14-11-8-5-2/h7-12,16-21,25-30,32-33,50,53,74H,4-6,13-15,22-24,31,34-49,51-52,54-73H2,1-3H3/b10-7-,11-8-,12-9-,19-16-,20-17-,21-18-,28-25-,29-26-,30-27-,33-32-,53-50-. The summed E-state index contributed by atoms with van der Waals surface area (Å²) in [5.41, 5.74) is 0. The number of ether oxygens (including phenoxy) is 3. The molecular formula is C77H128O6. The number of carbonyl (C=O) groups is 3. The molecule has 1 atom stereocenters. The minimum Gasteiger partial charge on any atom is -0.462 e. The van der Waals surface area contributed by atoms with Crippen molar-refractivity contribution in [2.75, 3.05) is 13.2 Å². The maximum atomic E-state index is 12.9. The molecule has 0 aliphatic rings. The lowest BCUT2D eigenvalue weighted by atomic mass is 10.0. The molecule has 6 nitrogen and oxygen atoms in total. The second kappa shape index (κ2) is 70.0. The molecule has 0 aliphatic heterocycles. The SMILES string of the molecule is CC/C=C\C/C=C\C/C=C\C/C=C\CCCCCCCCCCCCCCCCCCCCC(=O)OCC(COC(=O)CCCCCCCCC/C=C\C/C=C\C/C=C\CC)OC(=O)CCCCCC/C=C\C/C=C\C/C=C\C/C=C\CC. The quantitative estimate of drug-likeness (QED) is 0.0261. The van der Waals surface area contributed by atoms with Crippen LogP contribution in [-0.2, 0) is 28.6 Å². The number of hydrogen-bond donors (Lipinski definition) is 0. The number of allylic oxidation sites excluding steroid dienone is 22. The van der Waals surface area contributed by atoms with E-state index in [0.717, 1.165) is 148 Å². The molecule has 0 saturated carbocycles. The fraction of sp³-hybridized carbons (Fsp3) is 0.675. The van der Waals surface area contributed by atoms with Crippen LogP contribution >= 0.6 is 0 Å². The summed E-state index contributed by atoms with van der Waals surface area (Å²) in [4.78, 5) is 38.4. The molecule has 0 rings (SSSR count). The lowest BCUT2D eigenvalue weighted by Crippen LogP contribution is -2.30. The summed E-state index contributed by atoms with van der Waals surface area (Å²) in [6.45, 7) is 6.30. The Labute approximate surface area is 513 Å². The smallest absolute Gasteiger partial charge is 0.306 e. The third-order valence-corrected chi connectivity index (χ3v) is 14.6. The third-order valence-electron chi connectivity index (χ3n) is 14.6. The fourth-order valence-corrected chi connectivity index (χ4v) is 9.56. The second-order valence-corrected chi connectivity index (χ2v) is 22.6. The van der Waals surface area contributed by atoms with E-state index in [-0.39, 0.29) is 31.1 Å². The first-order valence-electron chi connectivity index (χ1n) is 34.7. The number of rotatable bonds is 62. The van der Waals surface area contributed by atoms with Crippen LogP contribution in [0.2, 0.25) is 0 Å². The summed E-state index contributed by atoms with van der Waals surface area (Å²) in [6.07, 6.45) is 99.1. The van der Waals surface area contributed by atoms with Crippen LogP contribution in [0.4, 0.5) is 0 Å². The molecule has 0 N–H and O–H groups in total. The van der Waals surface area contributed by atoms with Crippen LogP contribution in [0.15, 0.2) is 134 Å². The van der Waals surface area contributed by atoms with Crippen molar-refractivity contribution in [2.24, 2.45) is 0 Å². The number of carbonyl (C=O) groups excluding carboxylic acids is 3. The summed E-state index contributed by atoms with van der Waals surface area (Å²) in [5.74, 6) is -0.917. The summed E-state index contributed by atoms with van der Waals surface area (Å²) >= 11 is 0. The maximum Gasteiger partial charge on any atom is 0.306 e. The molecule has 0 aliphatic carbocycles. The molecule has 0 bridgehead atoms. The van der Waals surface area contributed by atoms with Crippen LogP contribution in [-0.4, -0.2) is 37.2 Å². The zero-order chi connectivity index (χ0) is 59.9. The van der Waals surface area contributed by atoms with Crippen LogP contribution < -0.4 is 0 Å². The third kappa shape index (κ3) is 68.2.